The Balaban J connectivity index is 1.47. The molecule has 3 N–H and O–H groups in total. The second-order valence-electron chi connectivity index (χ2n) is 7.87. The number of likely N-dealkylation sites (tertiary alicyclic amines) is 1. The predicted octanol–water partition coefficient (Wildman–Crippen LogP) is 2.65. The van der Waals surface area contributed by atoms with E-state index in [1.165, 1.54) is 11.3 Å². The first-order valence-electron chi connectivity index (χ1n) is 10.0. The van der Waals surface area contributed by atoms with Crippen LogP contribution in [0, 0.1) is 13.8 Å². The molecule has 1 aromatic heterocycles. The highest BCUT2D eigenvalue weighted by Gasteiger charge is 2.41. The van der Waals surface area contributed by atoms with Crippen molar-refractivity contribution in [3.05, 3.63) is 40.4 Å². The first-order valence-corrected chi connectivity index (χ1v) is 10.8. The molecule has 9 heteroatoms. The third-order valence-electron chi connectivity index (χ3n) is 5.87. The van der Waals surface area contributed by atoms with Gasteiger partial charge in [-0.05, 0) is 39.3 Å². The zero-order valence-electron chi connectivity index (χ0n) is 17.2. The Kier molecular flexibility index (Phi) is 5.23. The molecule has 2 aliphatic heterocycles. The number of aromatic nitrogens is 1. The zero-order valence-corrected chi connectivity index (χ0v) is 18.1. The van der Waals surface area contributed by atoms with Crippen molar-refractivity contribution in [3.8, 4) is 0 Å². The number of nitrogens with zero attached hydrogens (tertiary/aromatic N) is 2. The number of anilines is 2. The molecule has 3 amide bonds. The molecular weight excluding hydrogens is 402 g/mol. The van der Waals surface area contributed by atoms with E-state index in [-0.39, 0.29) is 24.1 Å². The van der Waals surface area contributed by atoms with Gasteiger partial charge in [-0.3, -0.25) is 14.4 Å². The highest BCUT2D eigenvalue weighted by atomic mass is 32.1. The van der Waals surface area contributed by atoms with Crippen molar-refractivity contribution < 1.29 is 14.4 Å². The van der Waals surface area contributed by atoms with Crippen LogP contribution in [0.4, 0.5) is 10.8 Å². The van der Waals surface area contributed by atoms with Crippen LogP contribution in [0.25, 0.3) is 0 Å². The number of para-hydroxylation sites is 1. The number of rotatable bonds is 3. The molecule has 0 bridgehead atoms. The second-order valence-corrected chi connectivity index (χ2v) is 9.07. The van der Waals surface area contributed by atoms with Crippen molar-refractivity contribution in [1.82, 2.24) is 15.2 Å². The normalized spacial score (nSPS) is 22.0. The molecule has 30 heavy (non-hydrogen) atoms. The van der Waals surface area contributed by atoms with Gasteiger partial charge in [-0.2, -0.15) is 0 Å². The van der Waals surface area contributed by atoms with Crippen molar-refractivity contribution >= 4 is 39.9 Å². The van der Waals surface area contributed by atoms with Crippen molar-refractivity contribution in [1.29, 1.82) is 0 Å². The van der Waals surface area contributed by atoms with Crippen LogP contribution in [0.5, 0.6) is 0 Å². The van der Waals surface area contributed by atoms with Gasteiger partial charge in [0.25, 0.3) is 5.91 Å². The number of amides is 3. The molecule has 158 valence electrons. The first-order chi connectivity index (χ1) is 14.3. The molecule has 1 spiro atoms. The van der Waals surface area contributed by atoms with Gasteiger partial charge in [0.05, 0.1) is 11.3 Å². The number of nitrogens with one attached hydrogen (secondary N) is 3. The minimum atomic E-state index is -0.699. The number of hydrogen-bond donors (Lipinski definition) is 3. The van der Waals surface area contributed by atoms with Gasteiger partial charge in [-0.1, -0.05) is 12.1 Å². The maximum Gasteiger partial charge on any atom is 0.255 e. The van der Waals surface area contributed by atoms with Crippen LogP contribution in [-0.2, 0) is 9.59 Å². The fourth-order valence-corrected chi connectivity index (χ4v) is 4.74. The third-order valence-corrected chi connectivity index (χ3v) is 6.86. The summed E-state index contributed by atoms with van der Waals surface area (Å²) in [7, 11) is 0. The lowest BCUT2D eigenvalue weighted by Gasteiger charge is -2.40. The van der Waals surface area contributed by atoms with E-state index in [1.807, 2.05) is 32.0 Å². The number of aryl methyl sites for hydroxylation is 2. The summed E-state index contributed by atoms with van der Waals surface area (Å²) in [5.41, 5.74) is 1.55. The van der Waals surface area contributed by atoms with Crippen LogP contribution in [0.3, 0.4) is 0 Å². The van der Waals surface area contributed by atoms with Gasteiger partial charge in [0.15, 0.2) is 5.13 Å². The predicted molar refractivity (Wildman–Crippen MR) is 116 cm³/mol. The Morgan fingerprint density at radius 1 is 1.23 bits per heavy atom. The van der Waals surface area contributed by atoms with Gasteiger partial charge in [0.2, 0.25) is 11.8 Å². The Bertz CT molecular complexity index is 1000. The lowest BCUT2D eigenvalue weighted by Crippen LogP contribution is -2.58. The average molecular weight is 428 g/mol. The lowest BCUT2D eigenvalue weighted by molar-refractivity contribution is -0.137. The maximum absolute atomic E-state index is 12.8. The highest BCUT2D eigenvalue weighted by molar-refractivity contribution is 7.15. The third kappa shape index (κ3) is 3.77. The summed E-state index contributed by atoms with van der Waals surface area (Å²) in [5.74, 6) is -0.513. The zero-order chi connectivity index (χ0) is 21.5. The standard InChI is InChI=1S/C21H25N5O3S/c1-12-14(3)30-20(22-12)23-18(28)13(2)26-11-10-21(9-8-17(26)27)24-16-7-5-4-6-15(16)19(29)25-21/h4-7,13,24H,8-11H2,1-3H3,(H,25,29)(H,22,23,28). The first kappa shape index (κ1) is 20.3. The molecule has 2 unspecified atom stereocenters. The number of thiazole rings is 1. The van der Waals surface area contributed by atoms with Crippen molar-refractivity contribution in [2.24, 2.45) is 0 Å². The van der Waals surface area contributed by atoms with Gasteiger partial charge >= 0.3 is 0 Å². The van der Waals surface area contributed by atoms with Crippen molar-refractivity contribution in [2.75, 3.05) is 17.2 Å². The van der Waals surface area contributed by atoms with Crippen LogP contribution in [-0.4, -0.2) is 45.9 Å². The summed E-state index contributed by atoms with van der Waals surface area (Å²) < 4.78 is 0. The summed E-state index contributed by atoms with van der Waals surface area (Å²) in [4.78, 5) is 45.1. The smallest absolute Gasteiger partial charge is 0.255 e. The lowest BCUT2D eigenvalue weighted by atomic mass is 9.95. The van der Waals surface area contributed by atoms with E-state index in [0.29, 0.717) is 30.1 Å². The van der Waals surface area contributed by atoms with Crippen LogP contribution < -0.4 is 16.0 Å². The van der Waals surface area contributed by atoms with E-state index in [2.05, 4.69) is 20.9 Å². The number of hydrogen-bond acceptors (Lipinski definition) is 6. The molecule has 2 aliphatic rings. The minimum Gasteiger partial charge on any atom is -0.362 e. The Morgan fingerprint density at radius 3 is 2.73 bits per heavy atom. The van der Waals surface area contributed by atoms with E-state index in [0.717, 1.165) is 16.3 Å². The molecule has 0 radical (unpaired) electrons. The van der Waals surface area contributed by atoms with Crippen LogP contribution in [0.1, 0.15) is 47.1 Å². The molecule has 1 aromatic carbocycles. The van der Waals surface area contributed by atoms with E-state index < -0.39 is 11.7 Å². The molecular formula is C21H25N5O3S. The van der Waals surface area contributed by atoms with Gasteiger partial charge in [-0.15, -0.1) is 11.3 Å². The topological polar surface area (TPSA) is 103 Å². The van der Waals surface area contributed by atoms with Gasteiger partial charge in [0, 0.05) is 30.0 Å². The molecule has 4 rings (SSSR count). The fraction of sp³-hybridized carbons (Fsp3) is 0.429. The Morgan fingerprint density at radius 2 is 2.00 bits per heavy atom. The summed E-state index contributed by atoms with van der Waals surface area (Å²) in [6.45, 7) is 5.93. The Labute approximate surface area is 179 Å². The van der Waals surface area contributed by atoms with E-state index in [1.54, 1.807) is 17.9 Å². The summed E-state index contributed by atoms with van der Waals surface area (Å²) in [5, 5.41) is 9.83. The quantitative estimate of drug-likeness (QED) is 0.699. The highest BCUT2D eigenvalue weighted by Crippen LogP contribution is 2.32. The van der Waals surface area contributed by atoms with Gasteiger partial charge < -0.3 is 20.9 Å². The van der Waals surface area contributed by atoms with Crippen LogP contribution in [0.15, 0.2) is 24.3 Å². The minimum absolute atomic E-state index is 0.101. The molecule has 3 heterocycles. The van der Waals surface area contributed by atoms with E-state index in [9.17, 15) is 14.4 Å². The molecule has 2 aromatic rings. The van der Waals surface area contributed by atoms with Crippen molar-refractivity contribution in [2.45, 2.75) is 51.7 Å². The average Bonchev–Trinajstić information content (AvgIpc) is 2.94. The molecule has 2 atom stereocenters. The summed E-state index contributed by atoms with van der Waals surface area (Å²) >= 11 is 1.42. The van der Waals surface area contributed by atoms with Gasteiger partial charge in [-0.25, -0.2) is 4.98 Å². The SMILES string of the molecule is Cc1nc(NC(=O)C(C)N2CCC3(CCC2=O)NC(=O)c2ccccc2N3)sc1C. The molecule has 1 fully saturated rings. The monoisotopic (exact) mass is 427 g/mol. The van der Waals surface area contributed by atoms with E-state index >= 15 is 0 Å². The number of benzene rings is 1. The molecule has 8 nitrogen and oxygen atoms in total. The second kappa shape index (κ2) is 7.71. The molecule has 1 saturated heterocycles. The fourth-order valence-electron chi connectivity index (χ4n) is 3.93. The van der Waals surface area contributed by atoms with Crippen LogP contribution >= 0.6 is 11.3 Å². The Hall–Kier alpha value is -2.94. The largest absolute Gasteiger partial charge is 0.362 e. The van der Waals surface area contributed by atoms with Crippen LogP contribution in [0.2, 0.25) is 0 Å². The van der Waals surface area contributed by atoms with Crippen molar-refractivity contribution in [3.63, 3.8) is 0 Å². The number of carbonyl (C=O) groups excluding carboxylic acids is 3. The summed E-state index contributed by atoms with van der Waals surface area (Å²) in [6, 6.07) is 6.70. The number of fused-ring (bicyclic) bond motifs is 1. The summed E-state index contributed by atoms with van der Waals surface area (Å²) in [6.07, 6.45) is 1.20. The number of carbonyl (C=O) groups is 3. The molecule has 0 aliphatic carbocycles. The van der Waals surface area contributed by atoms with Gasteiger partial charge in [0.1, 0.15) is 11.7 Å². The van der Waals surface area contributed by atoms with E-state index in [4.69, 9.17) is 0 Å². The maximum atomic E-state index is 12.8. The molecule has 0 saturated carbocycles.